The molecule has 0 aliphatic carbocycles. The minimum Gasteiger partial charge on any atom is -0.497 e. The van der Waals surface area contributed by atoms with E-state index >= 15 is 0 Å². The van der Waals surface area contributed by atoms with Crippen molar-refractivity contribution in [2.45, 2.75) is 19.9 Å². The number of nitrogens with zero attached hydrogens (tertiary/aromatic N) is 4. The van der Waals surface area contributed by atoms with Crippen molar-refractivity contribution in [3.05, 3.63) is 77.5 Å². The highest BCUT2D eigenvalue weighted by atomic mass is 16.5. The van der Waals surface area contributed by atoms with Crippen LogP contribution in [0.15, 0.2) is 54.9 Å². The summed E-state index contributed by atoms with van der Waals surface area (Å²) < 4.78 is 5.17. The topological polar surface area (TPSA) is 80.2 Å². The molecule has 7 heteroatoms. The second-order valence-corrected chi connectivity index (χ2v) is 6.72. The van der Waals surface area contributed by atoms with E-state index in [1.54, 1.807) is 44.4 Å². The summed E-state index contributed by atoms with van der Waals surface area (Å²) in [6.07, 6.45) is 4.27. The number of anilines is 1. The molecule has 29 heavy (non-hydrogen) atoms. The molecule has 0 fully saturated rings. The first kappa shape index (κ1) is 20.3. The van der Waals surface area contributed by atoms with Gasteiger partial charge in [-0.05, 0) is 48.7 Å². The number of carbonyl (C=O) groups excluding carboxylic acids is 1. The smallest absolute Gasteiger partial charge is 0.272 e. The number of ether oxygens (including phenoxy) is 1. The molecule has 0 bridgehead atoms. The molecule has 0 saturated heterocycles. The molecule has 1 N–H and O–H groups in total. The summed E-state index contributed by atoms with van der Waals surface area (Å²) in [5.41, 5.74) is 2.61. The molecule has 150 valence electrons. The third kappa shape index (κ3) is 5.75. The van der Waals surface area contributed by atoms with Crippen molar-refractivity contribution >= 4 is 11.7 Å². The van der Waals surface area contributed by atoms with Crippen LogP contribution in [0.3, 0.4) is 0 Å². The quantitative estimate of drug-likeness (QED) is 0.636. The summed E-state index contributed by atoms with van der Waals surface area (Å²) >= 11 is 0. The molecule has 1 amide bonds. The van der Waals surface area contributed by atoms with Crippen LogP contribution in [0, 0.1) is 6.92 Å². The molecule has 1 aromatic carbocycles. The van der Waals surface area contributed by atoms with Gasteiger partial charge in [0.15, 0.2) is 0 Å². The van der Waals surface area contributed by atoms with Gasteiger partial charge in [-0.1, -0.05) is 12.1 Å². The highest BCUT2D eigenvalue weighted by molar-refractivity contribution is 5.92. The van der Waals surface area contributed by atoms with E-state index in [1.807, 2.05) is 36.4 Å². The summed E-state index contributed by atoms with van der Waals surface area (Å²) in [6, 6.07) is 13.4. The maximum absolute atomic E-state index is 12.8. The summed E-state index contributed by atoms with van der Waals surface area (Å²) in [6.45, 7) is 2.97. The minimum absolute atomic E-state index is 0.128. The number of rotatable bonds is 8. The zero-order valence-corrected chi connectivity index (χ0v) is 16.9. The molecule has 2 aromatic heterocycles. The van der Waals surface area contributed by atoms with E-state index in [2.05, 4.69) is 20.3 Å². The van der Waals surface area contributed by atoms with Crippen molar-refractivity contribution in [3.8, 4) is 5.75 Å². The van der Waals surface area contributed by atoms with Gasteiger partial charge in [0.25, 0.3) is 5.91 Å². The number of hydrogen-bond donors (Lipinski definition) is 1. The van der Waals surface area contributed by atoms with Crippen LogP contribution in [0.2, 0.25) is 0 Å². The fourth-order valence-corrected chi connectivity index (χ4v) is 2.85. The number of amides is 1. The maximum atomic E-state index is 12.8. The first-order valence-electron chi connectivity index (χ1n) is 9.42. The van der Waals surface area contributed by atoms with E-state index in [9.17, 15) is 4.79 Å². The average molecular weight is 391 g/mol. The number of aryl methyl sites for hydroxylation is 1. The number of carbonyl (C=O) groups is 1. The van der Waals surface area contributed by atoms with Crippen LogP contribution in [-0.4, -0.2) is 46.5 Å². The Bertz CT molecular complexity index is 945. The third-order valence-corrected chi connectivity index (χ3v) is 4.52. The Labute approximate surface area is 170 Å². The standard InChI is InChI=1S/C22H25N5O2/c1-16-25-20(22(28)27(2)13-10-17-8-11-23-12-9-17)14-21(26-16)24-15-18-4-6-19(29-3)7-5-18/h4-9,11-12,14H,10,13,15H2,1-3H3,(H,24,25,26). The predicted molar refractivity (Wildman–Crippen MR) is 112 cm³/mol. The predicted octanol–water partition coefficient (Wildman–Crippen LogP) is 3.12. The fourth-order valence-electron chi connectivity index (χ4n) is 2.85. The van der Waals surface area contributed by atoms with Gasteiger partial charge in [0.05, 0.1) is 7.11 Å². The molecule has 0 radical (unpaired) electrons. The number of hydrogen-bond acceptors (Lipinski definition) is 6. The van der Waals surface area contributed by atoms with Gasteiger partial charge in [0.2, 0.25) is 0 Å². The van der Waals surface area contributed by atoms with Crippen molar-refractivity contribution in [2.75, 3.05) is 26.0 Å². The zero-order chi connectivity index (χ0) is 20.6. The second kappa shape index (κ2) is 9.64. The number of aromatic nitrogens is 3. The first-order valence-corrected chi connectivity index (χ1v) is 9.42. The van der Waals surface area contributed by atoms with E-state index in [4.69, 9.17) is 4.74 Å². The molecule has 0 spiro atoms. The SMILES string of the molecule is COc1ccc(CNc2cc(C(=O)N(C)CCc3ccncc3)nc(C)n2)cc1. The summed E-state index contributed by atoms with van der Waals surface area (Å²) in [7, 11) is 3.43. The second-order valence-electron chi connectivity index (χ2n) is 6.72. The molecule has 2 heterocycles. The van der Waals surface area contributed by atoms with Crippen LogP contribution < -0.4 is 10.1 Å². The molecular weight excluding hydrogens is 366 g/mol. The van der Waals surface area contributed by atoms with Crippen molar-refractivity contribution in [1.29, 1.82) is 0 Å². The van der Waals surface area contributed by atoms with Crippen LogP contribution in [-0.2, 0) is 13.0 Å². The van der Waals surface area contributed by atoms with Crippen molar-refractivity contribution in [2.24, 2.45) is 0 Å². The number of nitrogens with one attached hydrogen (secondary N) is 1. The molecule has 0 unspecified atom stereocenters. The van der Waals surface area contributed by atoms with E-state index < -0.39 is 0 Å². The van der Waals surface area contributed by atoms with E-state index in [0.717, 1.165) is 23.3 Å². The number of likely N-dealkylation sites (N-methyl/N-ethyl adjacent to an activating group) is 1. The number of methoxy groups -OCH3 is 1. The summed E-state index contributed by atoms with van der Waals surface area (Å²) in [5, 5.41) is 3.26. The molecular formula is C22H25N5O2. The van der Waals surface area contributed by atoms with Gasteiger partial charge in [-0.15, -0.1) is 0 Å². The zero-order valence-electron chi connectivity index (χ0n) is 16.9. The average Bonchev–Trinajstić information content (AvgIpc) is 2.76. The molecule has 0 aliphatic heterocycles. The summed E-state index contributed by atoms with van der Waals surface area (Å²) in [5.74, 6) is 1.86. The van der Waals surface area contributed by atoms with Gasteiger partial charge < -0.3 is 15.0 Å². The van der Waals surface area contributed by atoms with Gasteiger partial charge in [-0.25, -0.2) is 9.97 Å². The monoisotopic (exact) mass is 391 g/mol. The fraction of sp³-hybridized carbons (Fsp3) is 0.273. The number of pyridine rings is 1. The van der Waals surface area contributed by atoms with Crippen LogP contribution >= 0.6 is 0 Å². The lowest BCUT2D eigenvalue weighted by Gasteiger charge is -2.17. The molecule has 0 saturated carbocycles. The summed E-state index contributed by atoms with van der Waals surface area (Å²) in [4.78, 5) is 27.2. The van der Waals surface area contributed by atoms with Gasteiger partial charge >= 0.3 is 0 Å². The van der Waals surface area contributed by atoms with Gasteiger partial charge in [0.1, 0.15) is 23.1 Å². The Morgan fingerprint density at radius 2 is 1.79 bits per heavy atom. The molecule has 0 aliphatic rings. The first-order chi connectivity index (χ1) is 14.0. The van der Waals surface area contributed by atoms with Crippen LogP contribution in [0.1, 0.15) is 27.4 Å². The highest BCUT2D eigenvalue weighted by Crippen LogP contribution is 2.14. The lowest BCUT2D eigenvalue weighted by molar-refractivity contribution is 0.0790. The lowest BCUT2D eigenvalue weighted by Crippen LogP contribution is -2.30. The lowest BCUT2D eigenvalue weighted by atomic mass is 10.2. The maximum Gasteiger partial charge on any atom is 0.272 e. The third-order valence-electron chi connectivity index (χ3n) is 4.52. The van der Waals surface area contributed by atoms with Crippen LogP contribution in [0.4, 0.5) is 5.82 Å². The Morgan fingerprint density at radius 1 is 1.07 bits per heavy atom. The Kier molecular flexibility index (Phi) is 6.73. The minimum atomic E-state index is -0.128. The highest BCUT2D eigenvalue weighted by Gasteiger charge is 2.15. The van der Waals surface area contributed by atoms with Gasteiger partial charge in [-0.3, -0.25) is 9.78 Å². The number of benzene rings is 1. The molecule has 3 rings (SSSR count). The van der Waals surface area contributed by atoms with Crippen molar-refractivity contribution in [3.63, 3.8) is 0 Å². The van der Waals surface area contributed by atoms with Crippen molar-refractivity contribution in [1.82, 2.24) is 19.9 Å². The van der Waals surface area contributed by atoms with Crippen LogP contribution in [0.25, 0.3) is 0 Å². The van der Waals surface area contributed by atoms with E-state index in [1.165, 1.54) is 0 Å². The molecule has 3 aromatic rings. The van der Waals surface area contributed by atoms with Gasteiger partial charge in [0, 0.05) is 38.6 Å². The Balaban J connectivity index is 1.63. The van der Waals surface area contributed by atoms with E-state index in [-0.39, 0.29) is 5.91 Å². The van der Waals surface area contributed by atoms with Crippen LogP contribution in [0.5, 0.6) is 5.75 Å². The molecule has 7 nitrogen and oxygen atoms in total. The largest absolute Gasteiger partial charge is 0.497 e. The van der Waals surface area contributed by atoms with E-state index in [0.29, 0.717) is 30.4 Å². The Morgan fingerprint density at radius 3 is 2.48 bits per heavy atom. The normalized spacial score (nSPS) is 10.4. The van der Waals surface area contributed by atoms with Gasteiger partial charge in [-0.2, -0.15) is 0 Å². The van der Waals surface area contributed by atoms with Crippen molar-refractivity contribution < 1.29 is 9.53 Å². The Hall–Kier alpha value is -3.48. The molecule has 0 atom stereocenters.